The first-order chi connectivity index (χ1) is 12.0. The molecule has 0 radical (unpaired) electrons. The van der Waals surface area contributed by atoms with Crippen LogP contribution in [0, 0.1) is 13.8 Å². The van der Waals surface area contributed by atoms with Crippen LogP contribution >= 0.6 is 0 Å². The van der Waals surface area contributed by atoms with Crippen molar-refractivity contribution in [2.45, 2.75) is 20.8 Å². The Morgan fingerprint density at radius 3 is 2.60 bits per heavy atom. The molecule has 6 nitrogen and oxygen atoms in total. The number of imidazole rings is 1. The molecule has 0 spiro atoms. The first kappa shape index (κ1) is 16.6. The molecule has 0 aliphatic heterocycles. The molecule has 0 fully saturated rings. The van der Waals surface area contributed by atoms with Gasteiger partial charge in [0.05, 0.1) is 5.71 Å². The average molecular weight is 333 g/mol. The number of hydrogen-bond acceptors (Lipinski definition) is 4. The number of aromatic nitrogens is 3. The van der Waals surface area contributed by atoms with Gasteiger partial charge in [0.25, 0.3) is 5.91 Å². The Morgan fingerprint density at radius 1 is 1.12 bits per heavy atom. The number of hydrazone groups is 1. The zero-order valence-corrected chi connectivity index (χ0v) is 14.4. The Labute approximate surface area is 146 Å². The van der Waals surface area contributed by atoms with E-state index in [0.717, 1.165) is 17.0 Å². The summed E-state index contributed by atoms with van der Waals surface area (Å²) in [7, 11) is 0. The van der Waals surface area contributed by atoms with Gasteiger partial charge in [-0.1, -0.05) is 35.9 Å². The van der Waals surface area contributed by atoms with E-state index >= 15 is 0 Å². The summed E-state index contributed by atoms with van der Waals surface area (Å²) in [5.74, 6) is 0.351. The molecule has 1 N–H and O–H groups in total. The summed E-state index contributed by atoms with van der Waals surface area (Å²) < 4.78 is 1.71. The lowest BCUT2D eigenvalue weighted by atomic mass is 10.1. The molecule has 3 rings (SSSR count). The number of pyridine rings is 1. The molecule has 6 heteroatoms. The Morgan fingerprint density at radius 2 is 1.88 bits per heavy atom. The fraction of sp³-hybridized carbons (Fsp3) is 0.158. The van der Waals surface area contributed by atoms with Crippen molar-refractivity contribution in [1.29, 1.82) is 0 Å². The van der Waals surface area contributed by atoms with Gasteiger partial charge in [-0.2, -0.15) is 5.10 Å². The van der Waals surface area contributed by atoms with Crippen molar-refractivity contribution in [3.63, 3.8) is 0 Å². The largest absolute Gasteiger partial charge is 0.291 e. The van der Waals surface area contributed by atoms with Crippen molar-refractivity contribution in [2.24, 2.45) is 5.10 Å². The van der Waals surface area contributed by atoms with Gasteiger partial charge in [-0.15, -0.1) is 0 Å². The number of carbonyl (C=O) groups is 1. The maximum absolute atomic E-state index is 12.2. The van der Waals surface area contributed by atoms with Crippen molar-refractivity contribution in [3.8, 4) is 5.82 Å². The zero-order valence-electron chi connectivity index (χ0n) is 14.4. The second-order valence-electron chi connectivity index (χ2n) is 5.81. The van der Waals surface area contributed by atoms with Crippen molar-refractivity contribution in [2.75, 3.05) is 0 Å². The molecule has 0 aliphatic rings. The minimum Gasteiger partial charge on any atom is -0.290 e. The van der Waals surface area contributed by atoms with Gasteiger partial charge >= 0.3 is 0 Å². The normalized spacial score (nSPS) is 11.4. The van der Waals surface area contributed by atoms with Gasteiger partial charge in [0.15, 0.2) is 0 Å². The SMILES string of the molecule is CC(=NNC(=O)c1cn(-c2cccc(C)n2)cn1)c1ccc(C)cc1. The highest BCUT2D eigenvalue weighted by Gasteiger charge is 2.10. The molecule has 0 unspecified atom stereocenters. The smallest absolute Gasteiger partial charge is 0.290 e. The van der Waals surface area contributed by atoms with Crippen LogP contribution in [0.3, 0.4) is 0 Å². The number of benzene rings is 1. The first-order valence-corrected chi connectivity index (χ1v) is 7.92. The molecule has 0 bridgehead atoms. The predicted molar refractivity (Wildman–Crippen MR) is 97.0 cm³/mol. The third-order valence-corrected chi connectivity index (χ3v) is 3.75. The molecule has 25 heavy (non-hydrogen) atoms. The molecule has 0 aliphatic carbocycles. The summed E-state index contributed by atoms with van der Waals surface area (Å²) in [6, 6.07) is 13.6. The highest BCUT2D eigenvalue weighted by molar-refractivity contribution is 6.00. The molecule has 2 aromatic heterocycles. The van der Waals surface area contributed by atoms with E-state index in [9.17, 15) is 4.79 Å². The Balaban J connectivity index is 1.71. The second kappa shape index (κ2) is 7.09. The van der Waals surface area contributed by atoms with E-state index in [1.54, 1.807) is 17.1 Å². The van der Waals surface area contributed by atoms with Crippen LogP contribution in [-0.4, -0.2) is 26.2 Å². The van der Waals surface area contributed by atoms with Crippen LogP contribution in [0.4, 0.5) is 0 Å². The number of aryl methyl sites for hydroxylation is 2. The zero-order chi connectivity index (χ0) is 17.8. The van der Waals surface area contributed by atoms with Gasteiger partial charge in [-0.05, 0) is 38.5 Å². The van der Waals surface area contributed by atoms with Gasteiger partial charge in [0.2, 0.25) is 0 Å². The van der Waals surface area contributed by atoms with Crippen molar-refractivity contribution in [1.82, 2.24) is 20.0 Å². The quantitative estimate of drug-likeness (QED) is 0.589. The summed E-state index contributed by atoms with van der Waals surface area (Å²) in [6.45, 7) is 5.79. The van der Waals surface area contributed by atoms with E-state index in [-0.39, 0.29) is 11.6 Å². The average Bonchev–Trinajstić information content (AvgIpc) is 3.10. The molecule has 0 saturated heterocycles. The van der Waals surface area contributed by atoms with E-state index in [1.165, 1.54) is 5.56 Å². The Bertz CT molecular complexity index is 925. The van der Waals surface area contributed by atoms with E-state index < -0.39 is 0 Å². The van der Waals surface area contributed by atoms with Gasteiger partial charge in [0.1, 0.15) is 17.8 Å². The van der Waals surface area contributed by atoms with Crippen molar-refractivity contribution < 1.29 is 4.79 Å². The van der Waals surface area contributed by atoms with Crippen LogP contribution in [0.5, 0.6) is 0 Å². The molecular formula is C19H19N5O. The van der Waals surface area contributed by atoms with E-state index in [4.69, 9.17) is 0 Å². The maximum atomic E-state index is 12.2. The van der Waals surface area contributed by atoms with E-state index in [1.807, 2.05) is 63.2 Å². The van der Waals surface area contributed by atoms with Crippen LogP contribution in [0.2, 0.25) is 0 Å². The Hall–Kier alpha value is -3.28. The second-order valence-corrected chi connectivity index (χ2v) is 5.81. The van der Waals surface area contributed by atoms with Crippen LogP contribution in [0.1, 0.15) is 34.2 Å². The fourth-order valence-corrected chi connectivity index (χ4v) is 2.29. The van der Waals surface area contributed by atoms with Gasteiger partial charge in [-0.3, -0.25) is 9.36 Å². The van der Waals surface area contributed by atoms with Crippen LogP contribution in [-0.2, 0) is 0 Å². The van der Waals surface area contributed by atoms with Crippen LogP contribution in [0.25, 0.3) is 5.82 Å². The molecule has 0 saturated carbocycles. The maximum Gasteiger partial charge on any atom is 0.291 e. The predicted octanol–water partition coefficient (Wildman–Crippen LogP) is 3.04. The van der Waals surface area contributed by atoms with Crippen molar-refractivity contribution in [3.05, 3.63) is 77.5 Å². The molecule has 1 aromatic carbocycles. The summed E-state index contributed by atoms with van der Waals surface area (Å²) >= 11 is 0. The summed E-state index contributed by atoms with van der Waals surface area (Å²) in [5.41, 5.74) is 6.59. The van der Waals surface area contributed by atoms with E-state index in [0.29, 0.717) is 5.82 Å². The minimum absolute atomic E-state index is 0.281. The lowest BCUT2D eigenvalue weighted by Crippen LogP contribution is -2.19. The summed E-state index contributed by atoms with van der Waals surface area (Å²) in [4.78, 5) is 20.8. The van der Waals surface area contributed by atoms with Crippen molar-refractivity contribution >= 4 is 11.6 Å². The molecule has 0 atom stereocenters. The van der Waals surface area contributed by atoms with Gasteiger partial charge in [0, 0.05) is 11.9 Å². The number of nitrogens with one attached hydrogen (secondary N) is 1. The lowest BCUT2D eigenvalue weighted by Gasteiger charge is -2.02. The third-order valence-electron chi connectivity index (χ3n) is 3.75. The highest BCUT2D eigenvalue weighted by Crippen LogP contribution is 2.07. The van der Waals surface area contributed by atoms with Gasteiger partial charge in [-0.25, -0.2) is 15.4 Å². The molecule has 1 amide bonds. The molecule has 3 aromatic rings. The fourth-order valence-electron chi connectivity index (χ4n) is 2.29. The molecule has 126 valence electrons. The first-order valence-electron chi connectivity index (χ1n) is 7.92. The third kappa shape index (κ3) is 3.98. The minimum atomic E-state index is -0.363. The summed E-state index contributed by atoms with van der Waals surface area (Å²) in [6.07, 6.45) is 3.20. The number of rotatable bonds is 4. The number of carbonyl (C=O) groups excluding carboxylic acids is 1. The van der Waals surface area contributed by atoms with E-state index in [2.05, 4.69) is 20.5 Å². The molecular weight excluding hydrogens is 314 g/mol. The number of hydrogen-bond donors (Lipinski definition) is 1. The van der Waals surface area contributed by atoms with Crippen LogP contribution in [0.15, 0.2) is 60.1 Å². The highest BCUT2D eigenvalue weighted by atomic mass is 16.2. The topological polar surface area (TPSA) is 72.2 Å². The van der Waals surface area contributed by atoms with Crippen LogP contribution < -0.4 is 5.43 Å². The number of nitrogens with zero attached hydrogens (tertiary/aromatic N) is 4. The molecule has 2 heterocycles. The monoisotopic (exact) mass is 333 g/mol. The summed E-state index contributed by atoms with van der Waals surface area (Å²) in [5, 5.41) is 4.15. The van der Waals surface area contributed by atoms with Gasteiger partial charge < -0.3 is 0 Å². The standard InChI is InChI=1S/C19H19N5O/c1-13-7-9-16(10-8-13)15(3)22-23-19(25)17-11-24(12-20-17)18-6-4-5-14(2)21-18/h4-12H,1-3H3,(H,23,25). The number of amides is 1. The Kier molecular flexibility index (Phi) is 4.70. The lowest BCUT2D eigenvalue weighted by molar-refractivity contribution is 0.0950.